The average molecular weight is 154 g/mol. The molecular weight excluding hydrogens is 144 g/mol. The molecule has 1 heterocycles. The summed E-state index contributed by atoms with van der Waals surface area (Å²) in [7, 11) is 0. The van der Waals surface area contributed by atoms with Crippen molar-refractivity contribution in [2.45, 2.75) is 20.3 Å². The summed E-state index contributed by atoms with van der Waals surface area (Å²) < 4.78 is 0.939. The zero-order valence-electron chi connectivity index (χ0n) is 6.53. The fraction of sp³-hybridized carbons (Fsp3) is 0.429. The van der Waals surface area contributed by atoms with Crippen molar-refractivity contribution in [3.8, 4) is 0 Å². The largest absolute Gasteiger partial charge is 0.463 e. The summed E-state index contributed by atoms with van der Waals surface area (Å²) in [6.45, 7) is 3.80. The van der Waals surface area contributed by atoms with Crippen LogP contribution in [-0.4, -0.2) is 21.0 Å². The molecule has 4 nitrogen and oxygen atoms in total. The summed E-state index contributed by atoms with van der Waals surface area (Å²) >= 11 is 0. The number of hydrogen-bond donors (Lipinski definition) is 1. The summed E-state index contributed by atoms with van der Waals surface area (Å²) in [5, 5.41) is 12.4. The van der Waals surface area contributed by atoms with Gasteiger partial charge in [-0.25, -0.2) is 4.79 Å². The molecule has 11 heavy (non-hydrogen) atoms. The zero-order chi connectivity index (χ0) is 8.43. The van der Waals surface area contributed by atoms with Gasteiger partial charge in [0.1, 0.15) is 0 Å². The number of rotatable bonds is 1. The molecule has 0 fully saturated rings. The lowest BCUT2D eigenvalue weighted by Gasteiger charge is -1.88. The third-order valence-electron chi connectivity index (χ3n) is 1.53. The summed E-state index contributed by atoms with van der Waals surface area (Å²) in [5.41, 5.74) is 1.77. The normalized spacial score (nSPS) is 10.0. The maximum absolute atomic E-state index is 10.4. The number of aryl methyl sites for hydroxylation is 2. The summed E-state index contributed by atoms with van der Waals surface area (Å²) in [6, 6.07) is 0. The molecule has 0 amide bonds. The van der Waals surface area contributed by atoms with Crippen molar-refractivity contribution in [1.82, 2.24) is 9.78 Å². The molecule has 0 spiro atoms. The highest BCUT2D eigenvalue weighted by Gasteiger charge is 2.06. The van der Waals surface area contributed by atoms with Gasteiger partial charge in [0.15, 0.2) is 0 Å². The van der Waals surface area contributed by atoms with Gasteiger partial charge in [-0.1, -0.05) is 6.92 Å². The van der Waals surface area contributed by atoms with E-state index in [0.717, 1.165) is 22.4 Å². The van der Waals surface area contributed by atoms with Gasteiger partial charge in [0, 0.05) is 6.20 Å². The van der Waals surface area contributed by atoms with E-state index in [1.165, 1.54) is 6.20 Å². The van der Waals surface area contributed by atoms with Crippen LogP contribution < -0.4 is 0 Å². The Morgan fingerprint density at radius 1 is 1.82 bits per heavy atom. The van der Waals surface area contributed by atoms with Gasteiger partial charge in [0.25, 0.3) is 0 Å². The number of carboxylic acid groups (broad SMARTS) is 1. The first-order valence-electron chi connectivity index (χ1n) is 3.43. The van der Waals surface area contributed by atoms with Crippen LogP contribution in [0, 0.1) is 6.92 Å². The van der Waals surface area contributed by atoms with Crippen molar-refractivity contribution in [1.29, 1.82) is 0 Å². The van der Waals surface area contributed by atoms with E-state index >= 15 is 0 Å². The van der Waals surface area contributed by atoms with E-state index in [0.29, 0.717) is 0 Å². The van der Waals surface area contributed by atoms with Crippen LogP contribution in [0.25, 0.3) is 0 Å². The van der Waals surface area contributed by atoms with Crippen LogP contribution in [0.4, 0.5) is 4.79 Å². The number of hydrogen-bond acceptors (Lipinski definition) is 2. The Morgan fingerprint density at radius 3 is 2.73 bits per heavy atom. The fourth-order valence-corrected chi connectivity index (χ4v) is 0.943. The monoisotopic (exact) mass is 154 g/mol. The molecule has 0 aromatic carbocycles. The van der Waals surface area contributed by atoms with Crippen molar-refractivity contribution in [3.05, 3.63) is 17.5 Å². The summed E-state index contributed by atoms with van der Waals surface area (Å²) in [4.78, 5) is 10.4. The van der Waals surface area contributed by atoms with Crippen molar-refractivity contribution in [2.75, 3.05) is 0 Å². The molecule has 1 aromatic heterocycles. The van der Waals surface area contributed by atoms with Crippen molar-refractivity contribution >= 4 is 6.09 Å². The zero-order valence-corrected chi connectivity index (χ0v) is 6.53. The lowest BCUT2D eigenvalue weighted by atomic mass is 10.2. The molecule has 4 heteroatoms. The molecule has 1 rings (SSSR count). The predicted molar refractivity (Wildman–Crippen MR) is 39.8 cm³/mol. The van der Waals surface area contributed by atoms with Crippen molar-refractivity contribution in [2.24, 2.45) is 0 Å². The first-order valence-corrected chi connectivity index (χ1v) is 3.43. The molecule has 0 bridgehead atoms. The van der Waals surface area contributed by atoms with E-state index in [1.807, 2.05) is 13.8 Å². The molecule has 0 saturated carbocycles. The Balaban J connectivity index is 3.05. The standard InChI is InChI=1S/C7H10N2O2/c1-3-6-5(2)4-9(8-6)7(10)11/h4H,3H2,1-2H3,(H,10,11). The fourth-order valence-electron chi connectivity index (χ4n) is 0.943. The van der Waals surface area contributed by atoms with E-state index in [1.54, 1.807) is 0 Å². The number of aromatic nitrogens is 2. The Morgan fingerprint density at radius 2 is 2.45 bits per heavy atom. The maximum atomic E-state index is 10.4. The van der Waals surface area contributed by atoms with E-state index in [9.17, 15) is 4.79 Å². The second kappa shape index (κ2) is 2.74. The lowest BCUT2D eigenvalue weighted by Crippen LogP contribution is -2.08. The average Bonchev–Trinajstić information content (AvgIpc) is 2.31. The highest BCUT2D eigenvalue weighted by molar-refractivity contribution is 5.66. The van der Waals surface area contributed by atoms with Gasteiger partial charge in [-0.2, -0.15) is 9.78 Å². The van der Waals surface area contributed by atoms with Crippen LogP contribution in [0.15, 0.2) is 6.20 Å². The molecule has 0 saturated heterocycles. The predicted octanol–water partition coefficient (Wildman–Crippen LogP) is 1.28. The highest BCUT2D eigenvalue weighted by atomic mass is 16.4. The minimum absolute atomic E-state index is 0.770. The van der Waals surface area contributed by atoms with Crippen LogP contribution in [0.2, 0.25) is 0 Å². The van der Waals surface area contributed by atoms with Crippen molar-refractivity contribution < 1.29 is 9.90 Å². The number of carbonyl (C=O) groups is 1. The van der Waals surface area contributed by atoms with Gasteiger partial charge in [-0.05, 0) is 18.9 Å². The van der Waals surface area contributed by atoms with E-state index in [2.05, 4.69) is 5.10 Å². The van der Waals surface area contributed by atoms with E-state index in [-0.39, 0.29) is 0 Å². The van der Waals surface area contributed by atoms with E-state index in [4.69, 9.17) is 5.11 Å². The molecule has 1 N–H and O–H groups in total. The molecular formula is C7H10N2O2. The molecule has 0 atom stereocenters. The molecule has 0 radical (unpaired) electrons. The Hall–Kier alpha value is -1.32. The summed E-state index contributed by atoms with van der Waals surface area (Å²) in [5.74, 6) is 0. The van der Waals surface area contributed by atoms with Gasteiger partial charge in [0.2, 0.25) is 0 Å². The van der Waals surface area contributed by atoms with Gasteiger partial charge in [0.05, 0.1) is 5.69 Å². The van der Waals surface area contributed by atoms with Gasteiger partial charge < -0.3 is 5.11 Å². The molecule has 0 aliphatic heterocycles. The SMILES string of the molecule is CCc1nn(C(=O)O)cc1C. The van der Waals surface area contributed by atoms with Gasteiger partial charge >= 0.3 is 6.09 Å². The number of nitrogens with zero attached hydrogens (tertiary/aromatic N) is 2. The first-order chi connectivity index (χ1) is 5.15. The molecule has 0 aliphatic carbocycles. The minimum Gasteiger partial charge on any atom is -0.463 e. The molecule has 0 unspecified atom stereocenters. The second-order valence-corrected chi connectivity index (χ2v) is 2.34. The van der Waals surface area contributed by atoms with Gasteiger partial charge in [-0.3, -0.25) is 0 Å². The molecule has 60 valence electrons. The van der Waals surface area contributed by atoms with Crippen molar-refractivity contribution in [3.63, 3.8) is 0 Å². The highest BCUT2D eigenvalue weighted by Crippen LogP contribution is 2.04. The van der Waals surface area contributed by atoms with Crippen LogP contribution in [0.5, 0.6) is 0 Å². The Labute approximate surface area is 64.5 Å². The van der Waals surface area contributed by atoms with Crippen LogP contribution >= 0.6 is 0 Å². The lowest BCUT2D eigenvalue weighted by molar-refractivity contribution is 0.192. The van der Waals surface area contributed by atoms with Crippen LogP contribution in [0.3, 0.4) is 0 Å². The Bertz CT molecular complexity index is 278. The molecule has 1 aromatic rings. The summed E-state index contributed by atoms with van der Waals surface area (Å²) in [6.07, 6.45) is 1.25. The quantitative estimate of drug-likeness (QED) is 0.662. The van der Waals surface area contributed by atoms with Crippen LogP contribution in [-0.2, 0) is 6.42 Å². The molecule has 0 aliphatic rings. The second-order valence-electron chi connectivity index (χ2n) is 2.34. The first kappa shape index (κ1) is 7.78. The third-order valence-corrected chi connectivity index (χ3v) is 1.53. The topological polar surface area (TPSA) is 55.1 Å². The third kappa shape index (κ3) is 1.39. The Kier molecular flexibility index (Phi) is 1.94. The van der Waals surface area contributed by atoms with Crippen LogP contribution in [0.1, 0.15) is 18.2 Å². The van der Waals surface area contributed by atoms with Gasteiger partial charge in [-0.15, -0.1) is 0 Å². The van der Waals surface area contributed by atoms with E-state index < -0.39 is 6.09 Å². The maximum Gasteiger partial charge on any atom is 0.432 e. The minimum atomic E-state index is -1.03. The smallest absolute Gasteiger partial charge is 0.432 e.